The zero-order valence-electron chi connectivity index (χ0n) is 17.3. The zero-order valence-corrected chi connectivity index (χ0v) is 18.8. The number of pyridine rings is 1. The number of halogens is 1. The average Bonchev–Trinajstić information content (AvgIpc) is 3.04. The second kappa shape index (κ2) is 7.85. The van der Waals surface area contributed by atoms with Crippen molar-refractivity contribution >= 4 is 20.9 Å². The van der Waals surface area contributed by atoms with E-state index in [1.807, 2.05) is 31.4 Å². The van der Waals surface area contributed by atoms with Crippen LogP contribution in [-0.4, -0.2) is 36.0 Å². The number of fused-ring (bicyclic) bond motifs is 5. The molecule has 7 nitrogen and oxygen atoms in total. The molecule has 0 N–H and O–H groups in total. The minimum absolute atomic E-state index is 0. The number of aryl methyl sites for hydroxylation is 1. The lowest BCUT2D eigenvalue weighted by Crippen LogP contribution is -3.00. The second-order valence-electron chi connectivity index (χ2n) is 6.99. The number of aromatic nitrogens is 1. The number of rotatable bonds is 5. The van der Waals surface area contributed by atoms with Crippen molar-refractivity contribution in [3.05, 3.63) is 41.6 Å². The van der Waals surface area contributed by atoms with Gasteiger partial charge in [0, 0.05) is 22.8 Å². The van der Waals surface area contributed by atoms with Gasteiger partial charge >= 0.3 is 10.1 Å². The van der Waals surface area contributed by atoms with E-state index in [9.17, 15) is 8.42 Å². The van der Waals surface area contributed by atoms with Gasteiger partial charge in [0.2, 0.25) is 5.69 Å². The highest BCUT2D eigenvalue weighted by Crippen LogP contribution is 2.45. The summed E-state index contributed by atoms with van der Waals surface area (Å²) >= 11 is 0. The van der Waals surface area contributed by atoms with Gasteiger partial charge in [-0.1, -0.05) is 0 Å². The highest BCUT2D eigenvalue weighted by atomic mass is 35.5. The van der Waals surface area contributed by atoms with E-state index >= 15 is 0 Å². The summed E-state index contributed by atoms with van der Waals surface area (Å²) in [7, 11) is 3.03. The molecule has 2 aromatic carbocycles. The molecular weight excluding hydrogens is 430 g/mol. The number of nitrogens with zero attached hydrogens (tertiary/aromatic N) is 1. The highest BCUT2D eigenvalue weighted by Gasteiger charge is 2.32. The molecule has 0 aliphatic heterocycles. The van der Waals surface area contributed by atoms with E-state index in [1.54, 1.807) is 20.3 Å². The molecule has 0 amide bonds. The summed E-state index contributed by atoms with van der Waals surface area (Å²) in [6, 6.07) is 7.50. The van der Waals surface area contributed by atoms with Gasteiger partial charge in [0.15, 0.2) is 29.2 Å². The molecule has 0 atom stereocenters. The molecule has 0 unspecified atom stereocenters. The molecule has 1 aliphatic carbocycles. The third-order valence-corrected chi connectivity index (χ3v) is 5.59. The van der Waals surface area contributed by atoms with Gasteiger partial charge in [0.25, 0.3) is 0 Å². The van der Waals surface area contributed by atoms with Crippen LogP contribution < -0.4 is 35.4 Å². The van der Waals surface area contributed by atoms with Crippen LogP contribution in [0, 0.1) is 0 Å². The third-order valence-electron chi connectivity index (χ3n) is 5.11. The Morgan fingerprint density at radius 1 is 0.900 bits per heavy atom. The number of benzene rings is 2. The maximum Gasteiger partial charge on any atom is 0.306 e. The maximum absolute atomic E-state index is 11.6. The lowest BCUT2D eigenvalue weighted by atomic mass is 10.0. The van der Waals surface area contributed by atoms with E-state index in [0.29, 0.717) is 23.7 Å². The first-order valence-corrected chi connectivity index (χ1v) is 10.8. The first kappa shape index (κ1) is 22.0. The predicted molar refractivity (Wildman–Crippen MR) is 108 cm³/mol. The van der Waals surface area contributed by atoms with Gasteiger partial charge in [-0.3, -0.25) is 0 Å². The molecule has 1 aliphatic rings. The van der Waals surface area contributed by atoms with Gasteiger partial charge in [-0.15, -0.1) is 0 Å². The Morgan fingerprint density at radius 2 is 1.50 bits per heavy atom. The fraction of sp³-hybridized carbons (Fsp3) is 0.286. The van der Waals surface area contributed by atoms with Crippen molar-refractivity contribution in [3.8, 4) is 34.3 Å². The van der Waals surface area contributed by atoms with Crippen molar-refractivity contribution in [2.75, 3.05) is 27.6 Å². The Hall–Kier alpha value is -2.71. The van der Waals surface area contributed by atoms with E-state index < -0.39 is 10.1 Å². The molecule has 0 radical (unpaired) electrons. The number of ether oxygens (including phenoxy) is 3. The fourth-order valence-corrected chi connectivity index (χ4v) is 4.41. The van der Waals surface area contributed by atoms with E-state index in [2.05, 4.69) is 4.57 Å². The van der Waals surface area contributed by atoms with Gasteiger partial charge < -0.3 is 30.8 Å². The molecule has 30 heavy (non-hydrogen) atoms. The minimum Gasteiger partial charge on any atom is -1.00 e. The summed E-state index contributed by atoms with van der Waals surface area (Å²) in [6.07, 6.45) is 3.69. The number of hydrogen-bond donors (Lipinski definition) is 0. The standard InChI is InChI=1S/C21H22NO6S.ClH/c1-22-11-13-8-17(25-2)18(26-3)9-14(13)16-6-12-7-20(28-29(5,23)24)19(27-4)10-15(12)21(16)22;/h7-11H,6H2,1-5H3;1H/q+1;/p-1. The maximum atomic E-state index is 11.6. The zero-order chi connectivity index (χ0) is 20.9. The van der Waals surface area contributed by atoms with Crippen LogP contribution in [0.5, 0.6) is 23.0 Å². The SMILES string of the molecule is COc1cc2c[n+](C)c3c(c2cc1OC)Cc1cc(OS(C)(=O)=O)c(OC)cc1-3.[Cl-]. The molecule has 1 aromatic heterocycles. The molecule has 0 saturated heterocycles. The Morgan fingerprint density at radius 3 is 2.10 bits per heavy atom. The van der Waals surface area contributed by atoms with E-state index in [4.69, 9.17) is 18.4 Å². The first-order valence-electron chi connectivity index (χ1n) is 8.93. The van der Waals surface area contributed by atoms with Gasteiger partial charge in [-0.25, -0.2) is 4.57 Å². The second-order valence-corrected chi connectivity index (χ2v) is 8.56. The van der Waals surface area contributed by atoms with E-state index in [1.165, 1.54) is 7.11 Å². The van der Waals surface area contributed by atoms with Crippen LogP contribution in [0.1, 0.15) is 11.1 Å². The average molecular weight is 452 g/mol. The van der Waals surface area contributed by atoms with Crippen LogP contribution >= 0.6 is 0 Å². The Balaban J connectivity index is 0.00000256. The predicted octanol–water partition coefficient (Wildman–Crippen LogP) is -0.396. The van der Waals surface area contributed by atoms with Crippen molar-refractivity contribution in [2.24, 2.45) is 7.05 Å². The molecule has 0 fully saturated rings. The van der Waals surface area contributed by atoms with E-state index in [0.717, 1.165) is 39.4 Å². The molecule has 0 spiro atoms. The molecular formula is C21H22ClNO6S. The number of methoxy groups -OCH3 is 3. The van der Waals surface area contributed by atoms with Crippen LogP contribution in [0.2, 0.25) is 0 Å². The van der Waals surface area contributed by atoms with Crippen molar-refractivity contribution in [2.45, 2.75) is 6.42 Å². The Labute approximate surface area is 181 Å². The van der Waals surface area contributed by atoms with Crippen molar-refractivity contribution in [1.29, 1.82) is 0 Å². The van der Waals surface area contributed by atoms with Crippen LogP contribution in [0.25, 0.3) is 22.0 Å². The van der Waals surface area contributed by atoms with Crippen LogP contribution in [0.3, 0.4) is 0 Å². The number of hydrogen-bond acceptors (Lipinski definition) is 6. The van der Waals surface area contributed by atoms with Gasteiger partial charge in [0.1, 0.15) is 7.05 Å². The lowest BCUT2D eigenvalue weighted by Gasteiger charge is -2.11. The summed E-state index contributed by atoms with van der Waals surface area (Å²) in [5, 5.41) is 2.08. The molecule has 3 aromatic rings. The quantitative estimate of drug-likeness (QED) is 0.304. The van der Waals surface area contributed by atoms with Crippen LogP contribution in [0.15, 0.2) is 30.5 Å². The minimum atomic E-state index is -3.67. The largest absolute Gasteiger partial charge is 1.00 e. The normalized spacial score (nSPS) is 12.0. The Kier molecular flexibility index (Phi) is 5.75. The van der Waals surface area contributed by atoms with Crippen LogP contribution in [0.4, 0.5) is 0 Å². The summed E-state index contributed by atoms with van der Waals surface area (Å²) < 4.78 is 46.8. The summed E-state index contributed by atoms with van der Waals surface area (Å²) in [5.74, 6) is 1.88. The summed E-state index contributed by atoms with van der Waals surface area (Å²) in [4.78, 5) is 0. The Bertz CT molecular complexity index is 1260. The molecule has 9 heteroatoms. The fourth-order valence-electron chi connectivity index (χ4n) is 3.95. The van der Waals surface area contributed by atoms with E-state index in [-0.39, 0.29) is 18.2 Å². The molecule has 160 valence electrons. The van der Waals surface area contributed by atoms with Crippen LogP contribution in [-0.2, 0) is 23.6 Å². The molecule has 1 heterocycles. The topological polar surface area (TPSA) is 74.9 Å². The molecule has 0 saturated carbocycles. The van der Waals surface area contributed by atoms with Gasteiger partial charge in [-0.05, 0) is 29.8 Å². The summed E-state index contributed by atoms with van der Waals surface area (Å²) in [5.41, 5.74) is 4.12. The van der Waals surface area contributed by atoms with Crippen molar-refractivity contribution < 1.29 is 43.8 Å². The molecule has 0 bridgehead atoms. The first-order chi connectivity index (χ1) is 13.8. The summed E-state index contributed by atoms with van der Waals surface area (Å²) in [6.45, 7) is 0. The van der Waals surface area contributed by atoms with Gasteiger partial charge in [-0.2, -0.15) is 8.42 Å². The monoisotopic (exact) mass is 451 g/mol. The van der Waals surface area contributed by atoms with Crippen molar-refractivity contribution in [3.63, 3.8) is 0 Å². The molecule has 4 rings (SSSR count). The van der Waals surface area contributed by atoms with Gasteiger partial charge in [0.05, 0.1) is 33.1 Å². The lowest BCUT2D eigenvalue weighted by molar-refractivity contribution is -0.659. The van der Waals surface area contributed by atoms with Crippen molar-refractivity contribution in [1.82, 2.24) is 0 Å². The highest BCUT2D eigenvalue weighted by molar-refractivity contribution is 7.86. The smallest absolute Gasteiger partial charge is 0.306 e. The third kappa shape index (κ3) is 3.61.